The molecule has 3 unspecified atom stereocenters. The molecule has 0 rings (SSSR count). The lowest BCUT2D eigenvalue weighted by atomic mass is 10.1. The van der Waals surface area contributed by atoms with E-state index < -0.39 is 17.5 Å². The topological polar surface area (TPSA) is 38.7 Å². The lowest BCUT2D eigenvalue weighted by Gasteiger charge is -2.33. The molecule has 0 amide bonds. The molecule has 98 valence electrons. The summed E-state index contributed by atoms with van der Waals surface area (Å²) < 4.78 is 10.8. The molecule has 0 radical (unpaired) electrons. The number of ether oxygens (including phenoxy) is 2. The van der Waals surface area contributed by atoms with Gasteiger partial charge < -0.3 is 14.6 Å². The molecule has 3 nitrogen and oxygen atoms in total. The lowest BCUT2D eigenvalue weighted by molar-refractivity contribution is -0.255. The zero-order valence-electron chi connectivity index (χ0n) is 11.4. The Morgan fingerprint density at radius 1 is 1.17 bits per heavy atom. The zero-order valence-corrected chi connectivity index (χ0v) is 11.4. The van der Waals surface area contributed by atoms with Crippen LogP contribution in [0.15, 0.2) is 0 Å². The first-order valence-electron chi connectivity index (χ1n) is 5.62. The number of aliphatic hydroxyl groups is 1. The Bertz CT molecular complexity index is 387. The molecular weight excluding hydrogens is 228 g/mol. The minimum absolute atomic E-state index is 0.129. The van der Waals surface area contributed by atoms with Crippen LogP contribution in [-0.2, 0) is 9.47 Å². The van der Waals surface area contributed by atoms with Gasteiger partial charge in [-0.2, -0.15) is 0 Å². The molecule has 0 saturated heterocycles. The summed E-state index contributed by atoms with van der Waals surface area (Å²) in [6, 6.07) is 0. The largest absolute Gasteiger partial charge is 0.363 e. The second-order valence-corrected chi connectivity index (χ2v) is 4.75. The summed E-state index contributed by atoms with van der Waals surface area (Å²) in [6.45, 7) is 6.76. The van der Waals surface area contributed by atoms with Crippen molar-refractivity contribution in [2.45, 2.75) is 45.2 Å². The van der Waals surface area contributed by atoms with Crippen LogP contribution in [0.5, 0.6) is 0 Å². The lowest BCUT2D eigenvalue weighted by Crippen LogP contribution is -2.47. The first kappa shape index (κ1) is 16.6. The number of hydrogen-bond donors (Lipinski definition) is 1. The van der Waals surface area contributed by atoms with Gasteiger partial charge in [0.15, 0.2) is 6.10 Å². The minimum atomic E-state index is -1.64. The van der Waals surface area contributed by atoms with Crippen molar-refractivity contribution < 1.29 is 14.6 Å². The second kappa shape index (κ2) is 6.48. The summed E-state index contributed by atoms with van der Waals surface area (Å²) in [5.74, 6) is 5.49. The van der Waals surface area contributed by atoms with Gasteiger partial charge in [-0.3, -0.25) is 0 Å². The number of terminal acetylenes is 3. The average molecular weight is 248 g/mol. The van der Waals surface area contributed by atoms with Crippen LogP contribution in [-0.4, -0.2) is 29.2 Å². The average Bonchev–Trinajstić information content (AvgIpc) is 2.32. The summed E-state index contributed by atoms with van der Waals surface area (Å²) in [4.78, 5) is 0. The molecule has 0 spiro atoms. The SMILES string of the molecule is C#CC(C)COC(C)(O)C(C#C)OC(C)(C)C#C. The van der Waals surface area contributed by atoms with E-state index in [0.29, 0.717) is 0 Å². The number of hydrogen-bond acceptors (Lipinski definition) is 3. The molecule has 0 aliphatic heterocycles. The van der Waals surface area contributed by atoms with E-state index in [4.69, 9.17) is 28.7 Å². The molecule has 0 aromatic carbocycles. The fourth-order valence-corrected chi connectivity index (χ4v) is 1.04. The van der Waals surface area contributed by atoms with E-state index >= 15 is 0 Å². The van der Waals surface area contributed by atoms with Crippen molar-refractivity contribution in [2.75, 3.05) is 6.61 Å². The van der Waals surface area contributed by atoms with Gasteiger partial charge in [0.2, 0.25) is 5.79 Å². The Kier molecular flexibility index (Phi) is 5.96. The standard InChI is InChI=1S/C15H20O3/c1-8-12(4)11-17-15(7,16)13(9-2)18-14(5,6)10-3/h1-3,12-13,16H,11H2,4-7H3. The maximum atomic E-state index is 10.2. The Morgan fingerprint density at radius 3 is 2.11 bits per heavy atom. The Labute approximate surface area is 110 Å². The monoisotopic (exact) mass is 248 g/mol. The molecule has 0 fully saturated rings. The molecule has 0 saturated carbocycles. The quantitative estimate of drug-likeness (QED) is 0.570. The van der Waals surface area contributed by atoms with Crippen molar-refractivity contribution >= 4 is 0 Å². The van der Waals surface area contributed by atoms with Crippen molar-refractivity contribution in [1.29, 1.82) is 0 Å². The van der Waals surface area contributed by atoms with Crippen molar-refractivity contribution in [1.82, 2.24) is 0 Å². The van der Waals surface area contributed by atoms with Gasteiger partial charge in [0.05, 0.1) is 6.61 Å². The van der Waals surface area contributed by atoms with Crippen LogP contribution in [0.25, 0.3) is 0 Å². The molecule has 1 N–H and O–H groups in total. The molecule has 0 aromatic heterocycles. The van der Waals surface area contributed by atoms with Crippen molar-refractivity contribution in [2.24, 2.45) is 5.92 Å². The molecule has 0 aromatic rings. The smallest absolute Gasteiger partial charge is 0.201 e. The molecular formula is C15H20O3. The predicted octanol–water partition coefficient (Wildman–Crippen LogP) is 1.41. The maximum Gasteiger partial charge on any atom is 0.201 e. The van der Waals surface area contributed by atoms with Crippen LogP contribution in [0.3, 0.4) is 0 Å². The fraction of sp³-hybridized carbons (Fsp3) is 0.600. The predicted molar refractivity (Wildman–Crippen MR) is 71.2 cm³/mol. The highest BCUT2D eigenvalue weighted by Crippen LogP contribution is 2.21. The Hall–Kier alpha value is -1.44. The van der Waals surface area contributed by atoms with E-state index in [9.17, 15) is 5.11 Å². The van der Waals surface area contributed by atoms with Gasteiger partial charge in [-0.05, 0) is 27.7 Å². The van der Waals surface area contributed by atoms with E-state index in [2.05, 4.69) is 17.8 Å². The molecule has 0 heterocycles. The van der Waals surface area contributed by atoms with Crippen LogP contribution in [0.2, 0.25) is 0 Å². The van der Waals surface area contributed by atoms with E-state index in [1.165, 1.54) is 6.92 Å². The van der Waals surface area contributed by atoms with Crippen LogP contribution in [0.4, 0.5) is 0 Å². The summed E-state index contributed by atoms with van der Waals surface area (Å²) >= 11 is 0. The molecule has 3 heteroatoms. The van der Waals surface area contributed by atoms with Gasteiger partial charge in [0, 0.05) is 5.92 Å². The maximum absolute atomic E-state index is 10.2. The van der Waals surface area contributed by atoms with Crippen LogP contribution in [0, 0.1) is 42.9 Å². The van der Waals surface area contributed by atoms with Gasteiger partial charge in [-0.15, -0.1) is 25.2 Å². The van der Waals surface area contributed by atoms with Gasteiger partial charge >= 0.3 is 0 Å². The van der Waals surface area contributed by atoms with Gasteiger partial charge in [0.1, 0.15) is 5.60 Å². The van der Waals surface area contributed by atoms with E-state index in [1.54, 1.807) is 20.8 Å². The summed E-state index contributed by atoms with van der Waals surface area (Å²) in [6.07, 6.45) is 14.9. The normalized spacial score (nSPS) is 17.7. The second-order valence-electron chi connectivity index (χ2n) is 4.75. The highest BCUT2D eigenvalue weighted by atomic mass is 16.7. The summed E-state index contributed by atoms with van der Waals surface area (Å²) in [5.41, 5.74) is -0.887. The molecule has 3 atom stereocenters. The van der Waals surface area contributed by atoms with Crippen molar-refractivity contribution in [3.8, 4) is 37.0 Å². The van der Waals surface area contributed by atoms with E-state index in [0.717, 1.165) is 0 Å². The Balaban J connectivity index is 4.70. The van der Waals surface area contributed by atoms with Crippen LogP contribution >= 0.6 is 0 Å². The first-order valence-corrected chi connectivity index (χ1v) is 5.62. The van der Waals surface area contributed by atoms with Crippen LogP contribution < -0.4 is 0 Å². The van der Waals surface area contributed by atoms with E-state index in [-0.39, 0.29) is 12.5 Å². The van der Waals surface area contributed by atoms with E-state index in [1.807, 2.05) is 0 Å². The highest BCUT2D eigenvalue weighted by molar-refractivity contribution is 5.09. The Morgan fingerprint density at radius 2 is 1.72 bits per heavy atom. The third-order valence-electron chi connectivity index (χ3n) is 2.31. The summed E-state index contributed by atoms with van der Waals surface area (Å²) in [5, 5.41) is 10.2. The minimum Gasteiger partial charge on any atom is -0.363 e. The van der Waals surface area contributed by atoms with Gasteiger partial charge in [0.25, 0.3) is 0 Å². The highest BCUT2D eigenvalue weighted by Gasteiger charge is 2.36. The summed E-state index contributed by atoms with van der Waals surface area (Å²) in [7, 11) is 0. The van der Waals surface area contributed by atoms with Crippen molar-refractivity contribution in [3.05, 3.63) is 0 Å². The third-order valence-corrected chi connectivity index (χ3v) is 2.31. The van der Waals surface area contributed by atoms with Crippen LogP contribution in [0.1, 0.15) is 27.7 Å². The number of rotatable bonds is 6. The zero-order chi connectivity index (χ0) is 14.4. The van der Waals surface area contributed by atoms with Gasteiger partial charge in [-0.1, -0.05) is 11.8 Å². The molecule has 0 bridgehead atoms. The fourth-order valence-electron chi connectivity index (χ4n) is 1.04. The molecule has 0 aliphatic carbocycles. The van der Waals surface area contributed by atoms with Crippen molar-refractivity contribution in [3.63, 3.8) is 0 Å². The third kappa shape index (κ3) is 5.26. The molecule has 0 aliphatic rings. The van der Waals surface area contributed by atoms with Gasteiger partial charge in [-0.25, -0.2) is 0 Å². The molecule has 18 heavy (non-hydrogen) atoms. The first-order chi connectivity index (χ1) is 8.18.